The van der Waals surface area contributed by atoms with Gasteiger partial charge in [0.25, 0.3) is 5.89 Å². The molecule has 8 heteroatoms. The van der Waals surface area contributed by atoms with E-state index in [1.807, 2.05) is 0 Å². The smallest absolute Gasteiger partial charge is 0.335 e. The van der Waals surface area contributed by atoms with Crippen molar-refractivity contribution >= 4 is 15.8 Å². The van der Waals surface area contributed by atoms with Crippen LogP contribution in [0.25, 0.3) is 11.5 Å². The molecule has 0 bridgehead atoms. The predicted octanol–water partition coefficient (Wildman–Crippen LogP) is 0.979. The average molecular weight is 282 g/mol. The molecule has 0 atom stereocenters. The maximum Gasteiger partial charge on any atom is 0.335 e. The van der Waals surface area contributed by atoms with Gasteiger partial charge in [0.05, 0.1) is 5.56 Å². The van der Waals surface area contributed by atoms with Crippen molar-refractivity contribution in [1.29, 1.82) is 0 Å². The molecular formula is C11H10N2O5S. The van der Waals surface area contributed by atoms with E-state index in [9.17, 15) is 13.2 Å². The lowest BCUT2D eigenvalue weighted by molar-refractivity contribution is 0.0697. The molecule has 1 aromatic carbocycles. The first-order valence-corrected chi connectivity index (χ1v) is 7.25. The van der Waals surface area contributed by atoms with Crippen LogP contribution in [0.3, 0.4) is 0 Å². The van der Waals surface area contributed by atoms with E-state index in [1.165, 1.54) is 12.1 Å². The summed E-state index contributed by atoms with van der Waals surface area (Å²) in [6.45, 7) is 0. The van der Waals surface area contributed by atoms with Crippen molar-refractivity contribution in [1.82, 2.24) is 10.1 Å². The third kappa shape index (κ3) is 3.38. The SMILES string of the molecule is CS(=O)(=O)Cc1noc(-c2cccc(C(=O)O)c2)n1. The molecule has 1 heterocycles. The summed E-state index contributed by atoms with van der Waals surface area (Å²) in [5.41, 5.74) is 0.507. The Bertz CT molecular complexity index is 720. The van der Waals surface area contributed by atoms with Gasteiger partial charge in [0, 0.05) is 11.8 Å². The second-order valence-corrected chi connectivity index (χ2v) is 6.11. The Kier molecular flexibility index (Phi) is 3.34. The Morgan fingerprint density at radius 2 is 2.16 bits per heavy atom. The minimum Gasteiger partial charge on any atom is -0.478 e. The summed E-state index contributed by atoms with van der Waals surface area (Å²) in [4.78, 5) is 14.7. The highest BCUT2D eigenvalue weighted by Gasteiger charge is 2.14. The van der Waals surface area contributed by atoms with Crippen LogP contribution in [0.15, 0.2) is 28.8 Å². The minimum absolute atomic E-state index is 0.0400. The van der Waals surface area contributed by atoms with Gasteiger partial charge in [-0.25, -0.2) is 13.2 Å². The summed E-state index contributed by atoms with van der Waals surface area (Å²) in [5.74, 6) is -1.27. The van der Waals surface area contributed by atoms with E-state index < -0.39 is 15.8 Å². The van der Waals surface area contributed by atoms with Crippen molar-refractivity contribution in [3.05, 3.63) is 35.7 Å². The van der Waals surface area contributed by atoms with Gasteiger partial charge < -0.3 is 9.63 Å². The molecule has 0 aliphatic carbocycles. The lowest BCUT2D eigenvalue weighted by Gasteiger charge is -1.96. The van der Waals surface area contributed by atoms with Crippen molar-refractivity contribution < 1.29 is 22.8 Å². The van der Waals surface area contributed by atoms with E-state index in [0.29, 0.717) is 5.56 Å². The van der Waals surface area contributed by atoms with Gasteiger partial charge in [-0.15, -0.1) is 0 Å². The molecule has 100 valence electrons. The van der Waals surface area contributed by atoms with Gasteiger partial charge in [0.1, 0.15) is 5.75 Å². The number of carbonyl (C=O) groups is 1. The van der Waals surface area contributed by atoms with Crippen LogP contribution in [0, 0.1) is 0 Å². The summed E-state index contributed by atoms with van der Waals surface area (Å²) in [6, 6.07) is 5.95. The molecule has 7 nitrogen and oxygen atoms in total. The lowest BCUT2D eigenvalue weighted by Crippen LogP contribution is -2.02. The van der Waals surface area contributed by atoms with Crippen LogP contribution in [-0.2, 0) is 15.6 Å². The molecular weight excluding hydrogens is 272 g/mol. The van der Waals surface area contributed by atoms with E-state index >= 15 is 0 Å². The molecule has 1 N–H and O–H groups in total. The van der Waals surface area contributed by atoms with E-state index in [-0.39, 0.29) is 23.0 Å². The molecule has 0 unspecified atom stereocenters. The first kappa shape index (κ1) is 13.2. The van der Waals surface area contributed by atoms with E-state index in [0.717, 1.165) is 6.26 Å². The largest absolute Gasteiger partial charge is 0.478 e. The normalized spacial score (nSPS) is 11.4. The minimum atomic E-state index is -3.25. The first-order valence-electron chi connectivity index (χ1n) is 5.19. The maximum atomic E-state index is 11.1. The molecule has 0 saturated carbocycles. The summed E-state index contributed by atoms with van der Waals surface area (Å²) in [6.07, 6.45) is 1.06. The third-order valence-electron chi connectivity index (χ3n) is 2.22. The predicted molar refractivity (Wildman–Crippen MR) is 65.2 cm³/mol. The van der Waals surface area contributed by atoms with Crippen molar-refractivity contribution in [2.24, 2.45) is 0 Å². The van der Waals surface area contributed by atoms with E-state index in [4.69, 9.17) is 9.63 Å². The monoisotopic (exact) mass is 282 g/mol. The molecule has 0 aliphatic rings. The quantitative estimate of drug-likeness (QED) is 0.889. The summed E-state index contributed by atoms with van der Waals surface area (Å²) >= 11 is 0. The van der Waals surface area contributed by atoms with Gasteiger partial charge in [0.15, 0.2) is 15.7 Å². The lowest BCUT2D eigenvalue weighted by atomic mass is 10.1. The van der Waals surface area contributed by atoms with Gasteiger partial charge >= 0.3 is 5.97 Å². The van der Waals surface area contributed by atoms with Gasteiger partial charge in [-0.05, 0) is 18.2 Å². The maximum absolute atomic E-state index is 11.1. The molecule has 0 saturated heterocycles. The Morgan fingerprint density at radius 1 is 1.42 bits per heavy atom. The van der Waals surface area contributed by atoms with Crippen LogP contribution in [-0.4, -0.2) is 35.9 Å². The van der Waals surface area contributed by atoms with Crippen molar-refractivity contribution in [2.45, 2.75) is 5.75 Å². The summed E-state index contributed by atoms with van der Waals surface area (Å²) in [5, 5.41) is 12.4. The molecule has 0 spiro atoms. The Morgan fingerprint density at radius 3 is 2.79 bits per heavy atom. The standard InChI is InChI=1S/C11H10N2O5S/c1-19(16,17)6-9-12-10(18-13-9)7-3-2-4-8(5-7)11(14)15/h2-5H,6H2,1H3,(H,14,15). The average Bonchev–Trinajstić information content (AvgIpc) is 2.75. The number of nitrogens with zero attached hydrogens (tertiary/aromatic N) is 2. The fraction of sp³-hybridized carbons (Fsp3) is 0.182. The molecule has 1 aromatic heterocycles. The number of hydrogen-bond acceptors (Lipinski definition) is 6. The van der Waals surface area contributed by atoms with Crippen LogP contribution in [0.1, 0.15) is 16.2 Å². The number of hydrogen-bond donors (Lipinski definition) is 1. The van der Waals surface area contributed by atoms with Crippen LogP contribution < -0.4 is 0 Å². The first-order chi connectivity index (χ1) is 8.85. The number of sulfone groups is 1. The molecule has 19 heavy (non-hydrogen) atoms. The number of aromatic carboxylic acids is 1. The number of aromatic nitrogens is 2. The van der Waals surface area contributed by atoms with Crippen LogP contribution in [0.2, 0.25) is 0 Å². The Balaban J connectivity index is 2.33. The van der Waals surface area contributed by atoms with Crippen molar-refractivity contribution in [2.75, 3.05) is 6.26 Å². The third-order valence-corrected chi connectivity index (χ3v) is 3.00. The summed E-state index contributed by atoms with van der Waals surface area (Å²) < 4.78 is 27.1. The topological polar surface area (TPSA) is 110 Å². The van der Waals surface area contributed by atoms with Gasteiger partial charge in [-0.1, -0.05) is 11.2 Å². The van der Waals surface area contributed by atoms with Crippen LogP contribution >= 0.6 is 0 Å². The molecule has 2 aromatic rings. The number of rotatable bonds is 4. The number of carboxylic acids is 1. The Hall–Kier alpha value is -2.22. The second-order valence-electron chi connectivity index (χ2n) is 3.97. The van der Waals surface area contributed by atoms with Crippen LogP contribution in [0.5, 0.6) is 0 Å². The van der Waals surface area contributed by atoms with Gasteiger partial charge in [0.2, 0.25) is 0 Å². The van der Waals surface area contributed by atoms with E-state index in [1.54, 1.807) is 12.1 Å². The molecule has 0 radical (unpaired) electrons. The highest BCUT2D eigenvalue weighted by atomic mass is 32.2. The number of benzene rings is 1. The highest BCUT2D eigenvalue weighted by Crippen LogP contribution is 2.19. The zero-order valence-corrected chi connectivity index (χ0v) is 10.7. The van der Waals surface area contributed by atoms with Crippen molar-refractivity contribution in [3.8, 4) is 11.5 Å². The van der Waals surface area contributed by atoms with Gasteiger partial charge in [-0.2, -0.15) is 4.98 Å². The molecule has 0 amide bonds. The van der Waals surface area contributed by atoms with Crippen molar-refractivity contribution in [3.63, 3.8) is 0 Å². The highest BCUT2D eigenvalue weighted by molar-refractivity contribution is 7.89. The second kappa shape index (κ2) is 4.81. The Labute approximate surface area is 108 Å². The van der Waals surface area contributed by atoms with Crippen LogP contribution in [0.4, 0.5) is 0 Å². The fourth-order valence-corrected chi connectivity index (χ4v) is 2.04. The zero-order valence-electron chi connectivity index (χ0n) is 9.90. The number of carboxylic acid groups (broad SMARTS) is 1. The van der Waals surface area contributed by atoms with E-state index in [2.05, 4.69) is 10.1 Å². The van der Waals surface area contributed by atoms with Gasteiger partial charge in [-0.3, -0.25) is 0 Å². The molecule has 2 rings (SSSR count). The summed E-state index contributed by atoms with van der Waals surface area (Å²) in [7, 11) is -3.25. The molecule has 0 aliphatic heterocycles. The molecule has 0 fully saturated rings. The fourth-order valence-electron chi connectivity index (χ4n) is 1.45. The zero-order chi connectivity index (χ0) is 14.0.